The number of carbonyl (C=O) groups is 1. The topological polar surface area (TPSA) is 37.3 Å². The Morgan fingerprint density at radius 2 is 2.38 bits per heavy atom. The Bertz CT molecular complexity index is 281. The molecule has 0 spiro atoms. The summed E-state index contributed by atoms with van der Waals surface area (Å²) >= 11 is 2.14. The largest absolute Gasteiger partial charge is 0.481 e. The predicted molar refractivity (Wildman–Crippen MR) is 61.0 cm³/mol. The van der Waals surface area contributed by atoms with Crippen molar-refractivity contribution >= 4 is 28.6 Å². The van der Waals surface area contributed by atoms with Crippen molar-refractivity contribution in [2.45, 2.75) is 13.8 Å². The third kappa shape index (κ3) is 1.66. The van der Waals surface area contributed by atoms with E-state index >= 15 is 0 Å². The van der Waals surface area contributed by atoms with Gasteiger partial charge in [-0.25, -0.2) is 0 Å². The quantitative estimate of drug-likeness (QED) is 0.627. The zero-order valence-corrected chi connectivity index (χ0v) is 9.91. The summed E-state index contributed by atoms with van der Waals surface area (Å²) in [6, 6.07) is 0. The van der Waals surface area contributed by atoms with E-state index in [-0.39, 0.29) is 5.92 Å². The lowest BCUT2D eigenvalue weighted by Crippen LogP contribution is -2.39. The molecular formula is C10H13IO2. The highest BCUT2D eigenvalue weighted by Gasteiger charge is 2.42. The van der Waals surface area contributed by atoms with Gasteiger partial charge in [0.15, 0.2) is 0 Å². The molecule has 2 unspecified atom stereocenters. The van der Waals surface area contributed by atoms with Gasteiger partial charge in [0, 0.05) is 4.43 Å². The van der Waals surface area contributed by atoms with Crippen molar-refractivity contribution in [3.05, 3.63) is 23.8 Å². The molecule has 72 valence electrons. The molecule has 1 aliphatic rings. The van der Waals surface area contributed by atoms with Crippen molar-refractivity contribution in [1.82, 2.24) is 0 Å². The molecule has 2 atom stereocenters. The van der Waals surface area contributed by atoms with Gasteiger partial charge in [0.25, 0.3) is 0 Å². The predicted octanol–water partition coefficient (Wildman–Crippen LogP) is 2.64. The summed E-state index contributed by atoms with van der Waals surface area (Å²) in [5.74, 6) is -0.634. The van der Waals surface area contributed by atoms with E-state index in [9.17, 15) is 9.90 Å². The normalized spacial score (nSPS) is 32.8. The van der Waals surface area contributed by atoms with E-state index in [0.29, 0.717) is 4.43 Å². The van der Waals surface area contributed by atoms with Crippen molar-refractivity contribution in [2.24, 2.45) is 11.3 Å². The molecule has 13 heavy (non-hydrogen) atoms. The molecule has 0 saturated heterocycles. The van der Waals surface area contributed by atoms with Crippen LogP contribution < -0.4 is 0 Å². The van der Waals surface area contributed by atoms with Crippen LogP contribution in [0.5, 0.6) is 0 Å². The first-order valence-electron chi connectivity index (χ1n) is 4.20. The van der Waals surface area contributed by atoms with Gasteiger partial charge in [-0.2, -0.15) is 0 Å². The Morgan fingerprint density at radius 3 is 2.77 bits per heavy atom. The van der Waals surface area contributed by atoms with Gasteiger partial charge in [-0.3, -0.25) is 4.79 Å². The van der Waals surface area contributed by atoms with Crippen LogP contribution in [0.1, 0.15) is 13.8 Å². The van der Waals surface area contributed by atoms with Crippen LogP contribution in [0.4, 0.5) is 0 Å². The zero-order chi connectivity index (χ0) is 10.1. The van der Waals surface area contributed by atoms with Crippen molar-refractivity contribution < 1.29 is 9.90 Å². The Kier molecular flexibility index (Phi) is 3.16. The molecule has 0 saturated carbocycles. The maximum Gasteiger partial charge on any atom is 0.314 e. The number of halogens is 1. The summed E-state index contributed by atoms with van der Waals surface area (Å²) < 4.78 is 0.614. The lowest BCUT2D eigenvalue weighted by Gasteiger charge is -2.33. The number of aliphatic carboxylic acids is 1. The van der Waals surface area contributed by atoms with Crippen LogP contribution in [0.15, 0.2) is 23.8 Å². The number of hydrogen-bond donors (Lipinski definition) is 1. The smallest absolute Gasteiger partial charge is 0.314 e. The molecule has 0 amide bonds. The highest BCUT2D eigenvalue weighted by molar-refractivity contribution is 14.1. The molecule has 0 aromatic rings. The number of carboxylic acids is 1. The second-order valence-electron chi connectivity index (χ2n) is 3.47. The standard InChI is InChI=1S/C10H13IO2/c1-7-4-3-5-10(6-11,8(7)2)9(12)13/h3-5,8H,6H2,1-2H3,(H,12,13). The van der Waals surface area contributed by atoms with Crippen LogP contribution in [0.3, 0.4) is 0 Å². The molecule has 1 rings (SSSR count). The van der Waals surface area contributed by atoms with Gasteiger partial charge >= 0.3 is 5.97 Å². The summed E-state index contributed by atoms with van der Waals surface area (Å²) in [4.78, 5) is 11.2. The molecule has 0 aliphatic heterocycles. The monoisotopic (exact) mass is 292 g/mol. The molecule has 0 aromatic carbocycles. The van der Waals surface area contributed by atoms with E-state index in [0.717, 1.165) is 5.57 Å². The van der Waals surface area contributed by atoms with Crippen LogP contribution in [-0.4, -0.2) is 15.5 Å². The minimum Gasteiger partial charge on any atom is -0.481 e. The molecule has 1 aliphatic carbocycles. The van der Waals surface area contributed by atoms with Crippen LogP contribution in [-0.2, 0) is 4.79 Å². The minimum atomic E-state index is -0.724. The Labute approximate surface area is 91.9 Å². The van der Waals surface area contributed by atoms with E-state index in [1.165, 1.54) is 0 Å². The Morgan fingerprint density at radius 1 is 1.77 bits per heavy atom. The number of carboxylic acid groups (broad SMARTS) is 1. The third-order valence-electron chi connectivity index (χ3n) is 2.83. The summed E-state index contributed by atoms with van der Waals surface area (Å²) in [5.41, 5.74) is 0.445. The lowest BCUT2D eigenvalue weighted by atomic mass is 9.72. The minimum absolute atomic E-state index is 0.0897. The van der Waals surface area contributed by atoms with Gasteiger partial charge in [0.05, 0.1) is 0 Å². The first kappa shape index (κ1) is 10.8. The maximum atomic E-state index is 11.2. The van der Waals surface area contributed by atoms with Gasteiger partial charge in [0.2, 0.25) is 0 Å². The fourth-order valence-electron chi connectivity index (χ4n) is 1.54. The van der Waals surface area contributed by atoms with Gasteiger partial charge < -0.3 is 5.11 Å². The van der Waals surface area contributed by atoms with E-state index in [1.807, 2.05) is 26.0 Å². The first-order valence-corrected chi connectivity index (χ1v) is 5.72. The second kappa shape index (κ2) is 3.82. The number of rotatable bonds is 2. The summed E-state index contributed by atoms with van der Waals surface area (Å²) in [6.07, 6.45) is 5.64. The van der Waals surface area contributed by atoms with Crippen LogP contribution in [0.2, 0.25) is 0 Å². The first-order chi connectivity index (χ1) is 6.04. The van der Waals surface area contributed by atoms with Gasteiger partial charge in [0.1, 0.15) is 5.41 Å². The zero-order valence-electron chi connectivity index (χ0n) is 7.75. The van der Waals surface area contributed by atoms with Crippen molar-refractivity contribution in [3.63, 3.8) is 0 Å². The SMILES string of the molecule is CC1=CC=CC(CI)(C(=O)O)C1C. The second-order valence-corrected chi connectivity index (χ2v) is 4.23. The van der Waals surface area contributed by atoms with E-state index in [1.54, 1.807) is 6.08 Å². The third-order valence-corrected chi connectivity index (χ3v) is 4.09. The highest BCUT2D eigenvalue weighted by atomic mass is 127. The molecular weight excluding hydrogens is 279 g/mol. The van der Waals surface area contributed by atoms with Crippen molar-refractivity contribution in [2.75, 3.05) is 4.43 Å². The Hall–Kier alpha value is -0.320. The average Bonchev–Trinajstić information content (AvgIpc) is 2.09. The van der Waals surface area contributed by atoms with Gasteiger partial charge in [-0.05, 0) is 12.8 Å². The van der Waals surface area contributed by atoms with Gasteiger partial charge in [-0.15, -0.1) is 0 Å². The van der Waals surface area contributed by atoms with E-state index in [2.05, 4.69) is 22.6 Å². The molecule has 2 nitrogen and oxygen atoms in total. The lowest BCUT2D eigenvalue weighted by molar-refractivity contribution is -0.146. The molecule has 3 heteroatoms. The van der Waals surface area contributed by atoms with Crippen molar-refractivity contribution in [1.29, 1.82) is 0 Å². The van der Waals surface area contributed by atoms with Crippen LogP contribution in [0, 0.1) is 11.3 Å². The summed E-state index contributed by atoms with van der Waals surface area (Å²) in [7, 11) is 0. The number of allylic oxidation sites excluding steroid dienone is 3. The fourth-order valence-corrected chi connectivity index (χ4v) is 2.78. The maximum absolute atomic E-state index is 11.2. The Balaban J connectivity index is 3.09. The molecule has 0 aromatic heterocycles. The van der Waals surface area contributed by atoms with E-state index in [4.69, 9.17) is 0 Å². The number of alkyl halides is 1. The highest BCUT2D eigenvalue weighted by Crippen LogP contribution is 2.39. The molecule has 0 fully saturated rings. The molecule has 1 N–H and O–H groups in total. The molecule has 0 bridgehead atoms. The van der Waals surface area contributed by atoms with Gasteiger partial charge in [-0.1, -0.05) is 53.3 Å². The van der Waals surface area contributed by atoms with Crippen molar-refractivity contribution in [3.8, 4) is 0 Å². The van der Waals surface area contributed by atoms with E-state index < -0.39 is 11.4 Å². The summed E-state index contributed by atoms with van der Waals surface area (Å²) in [5, 5.41) is 9.19. The average molecular weight is 292 g/mol. The fraction of sp³-hybridized carbons (Fsp3) is 0.500. The molecule has 0 heterocycles. The molecule has 0 radical (unpaired) electrons. The summed E-state index contributed by atoms with van der Waals surface area (Å²) in [6.45, 7) is 3.96. The van der Waals surface area contributed by atoms with Crippen LogP contribution >= 0.6 is 22.6 Å². The van der Waals surface area contributed by atoms with Crippen LogP contribution in [0.25, 0.3) is 0 Å². The number of hydrogen-bond acceptors (Lipinski definition) is 1.